The predicted molar refractivity (Wildman–Crippen MR) is 97.8 cm³/mol. The molecule has 1 saturated heterocycles. The van der Waals surface area contributed by atoms with Crippen molar-refractivity contribution in [3.05, 3.63) is 50.8 Å². The van der Waals surface area contributed by atoms with Gasteiger partial charge in [0, 0.05) is 44.0 Å². The summed E-state index contributed by atoms with van der Waals surface area (Å²) in [4.78, 5) is 31.5. The number of anilines is 3. The van der Waals surface area contributed by atoms with Gasteiger partial charge in [0.05, 0.1) is 9.85 Å². The van der Waals surface area contributed by atoms with Crippen LogP contribution in [-0.2, 0) is 0 Å². The third-order valence-corrected chi connectivity index (χ3v) is 4.09. The molecule has 12 heteroatoms. The van der Waals surface area contributed by atoms with Gasteiger partial charge in [-0.15, -0.1) is 0 Å². The van der Waals surface area contributed by atoms with Gasteiger partial charge in [0.2, 0.25) is 11.6 Å². The van der Waals surface area contributed by atoms with Gasteiger partial charge in [0.15, 0.2) is 0 Å². The smallest absolute Gasteiger partial charge is 0.334 e. The average Bonchev–Trinajstić information content (AvgIpc) is 2.64. The van der Waals surface area contributed by atoms with Crippen LogP contribution in [0.15, 0.2) is 30.6 Å². The summed E-state index contributed by atoms with van der Waals surface area (Å²) < 4.78 is 0. The van der Waals surface area contributed by atoms with Crippen LogP contribution in [0.5, 0.6) is 0 Å². The minimum Gasteiger partial charge on any atom is -0.334 e. The van der Waals surface area contributed by atoms with Crippen molar-refractivity contribution in [1.82, 2.24) is 19.9 Å². The van der Waals surface area contributed by atoms with Crippen molar-refractivity contribution >= 4 is 28.7 Å². The van der Waals surface area contributed by atoms with Crippen LogP contribution >= 0.6 is 0 Å². The summed E-state index contributed by atoms with van der Waals surface area (Å²) in [6, 6.07) is 5.66. The molecular weight excluding hydrogens is 356 g/mol. The van der Waals surface area contributed by atoms with Crippen LogP contribution in [0.2, 0.25) is 0 Å². The zero-order valence-electron chi connectivity index (χ0n) is 14.5. The molecule has 12 nitrogen and oxygen atoms in total. The Kier molecular flexibility index (Phi) is 5.38. The SMILES string of the molecule is CN1CCN(Nc2ncnc(Nc3cccc([N+](=O)[O-])c3)c2[N+](=O)[O-])CC1. The van der Waals surface area contributed by atoms with Gasteiger partial charge in [-0.25, -0.2) is 15.0 Å². The molecule has 0 atom stereocenters. The molecule has 0 amide bonds. The first kappa shape index (κ1) is 18.4. The Labute approximate surface area is 154 Å². The van der Waals surface area contributed by atoms with Crippen LogP contribution < -0.4 is 10.7 Å². The Balaban J connectivity index is 1.86. The van der Waals surface area contributed by atoms with Gasteiger partial charge >= 0.3 is 5.69 Å². The number of hydrazine groups is 1. The molecule has 1 aliphatic heterocycles. The number of piperazine rings is 1. The number of nitro groups is 2. The number of non-ortho nitro benzene ring substituents is 1. The number of aromatic nitrogens is 2. The van der Waals surface area contributed by atoms with Crippen LogP contribution in [0, 0.1) is 20.2 Å². The highest BCUT2D eigenvalue weighted by Gasteiger charge is 2.25. The second-order valence-corrected chi connectivity index (χ2v) is 6.01. The third kappa shape index (κ3) is 4.43. The maximum atomic E-state index is 11.6. The fraction of sp³-hybridized carbons (Fsp3) is 0.333. The van der Waals surface area contributed by atoms with E-state index in [2.05, 4.69) is 25.6 Å². The van der Waals surface area contributed by atoms with E-state index in [1.807, 2.05) is 12.1 Å². The molecule has 1 aliphatic rings. The number of nitrogens with one attached hydrogen (secondary N) is 2. The van der Waals surface area contributed by atoms with E-state index in [4.69, 9.17) is 0 Å². The van der Waals surface area contributed by atoms with E-state index in [0.29, 0.717) is 18.8 Å². The Morgan fingerprint density at radius 3 is 2.41 bits per heavy atom. The van der Waals surface area contributed by atoms with E-state index >= 15 is 0 Å². The van der Waals surface area contributed by atoms with Crippen molar-refractivity contribution in [2.75, 3.05) is 44.0 Å². The molecule has 2 heterocycles. The fourth-order valence-electron chi connectivity index (χ4n) is 2.63. The Morgan fingerprint density at radius 1 is 1.04 bits per heavy atom. The summed E-state index contributed by atoms with van der Waals surface area (Å²) in [6.07, 6.45) is 1.20. The summed E-state index contributed by atoms with van der Waals surface area (Å²) in [5.41, 5.74) is 2.83. The second-order valence-electron chi connectivity index (χ2n) is 6.01. The highest BCUT2D eigenvalue weighted by atomic mass is 16.6. The lowest BCUT2D eigenvalue weighted by Gasteiger charge is -2.32. The Bertz CT molecular complexity index is 853. The van der Waals surface area contributed by atoms with Crippen molar-refractivity contribution in [1.29, 1.82) is 0 Å². The van der Waals surface area contributed by atoms with Crippen molar-refractivity contribution in [3.8, 4) is 0 Å². The first-order valence-electron chi connectivity index (χ1n) is 8.15. The maximum Gasteiger partial charge on any atom is 0.354 e. The molecule has 0 saturated carbocycles. The number of nitro benzene ring substituents is 1. The molecule has 2 N–H and O–H groups in total. The predicted octanol–water partition coefficient (Wildman–Crippen LogP) is 1.61. The number of hydrogen-bond acceptors (Lipinski definition) is 10. The highest BCUT2D eigenvalue weighted by molar-refractivity contribution is 5.74. The van der Waals surface area contributed by atoms with E-state index in [1.54, 1.807) is 6.07 Å². The molecule has 0 aliphatic carbocycles. The van der Waals surface area contributed by atoms with Crippen LogP contribution in [0.25, 0.3) is 0 Å². The van der Waals surface area contributed by atoms with E-state index in [-0.39, 0.29) is 23.0 Å². The normalized spacial score (nSPS) is 15.3. The summed E-state index contributed by atoms with van der Waals surface area (Å²) in [5, 5.41) is 27.1. The van der Waals surface area contributed by atoms with Crippen LogP contribution in [0.1, 0.15) is 0 Å². The summed E-state index contributed by atoms with van der Waals surface area (Å²) >= 11 is 0. The molecule has 3 rings (SSSR count). The summed E-state index contributed by atoms with van der Waals surface area (Å²) in [6.45, 7) is 3.02. The quantitative estimate of drug-likeness (QED) is 0.565. The molecule has 0 radical (unpaired) electrons. The number of hydrogen-bond donors (Lipinski definition) is 2. The molecule has 27 heavy (non-hydrogen) atoms. The van der Waals surface area contributed by atoms with E-state index < -0.39 is 9.85 Å². The molecule has 1 aromatic heterocycles. The lowest BCUT2D eigenvalue weighted by atomic mass is 10.3. The molecule has 2 aromatic rings. The number of benzene rings is 1. The number of likely N-dealkylation sites (N-methyl/N-ethyl adjacent to an activating group) is 1. The largest absolute Gasteiger partial charge is 0.354 e. The number of nitrogens with zero attached hydrogens (tertiary/aromatic N) is 6. The second kappa shape index (κ2) is 7.88. The minimum absolute atomic E-state index is 0.0490. The van der Waals surface area contributed by atoms with Crippen molar-refractivity contribution in [2.45, 2.75) is 0 Å². The summed E-state index contributed by atoms with van der Waals surface area (Å²) in [5.74, 6) is 0.0135. The van der Waals surface area contributed by atoms with Crippen molar-refractivity contribution in [2.24, 2.45) is 0 Å². The topological polar surface area (TPSA) is 143 Å². The van der Waals surface area contributed by atoms with Crippen molar-refractivity contribution in [3.63, 3.8) is 0 Å². The van der Waals surface area contributed by atoms with Gasteiger partial charge in [0.1, 0.15) is 6.33 Å². The van der Waals surface area contributed by atoms with Crippen molar-refractivity contribution < 1.29 is 9.85 Å². The lowest BCUT2D eigenvalue weighted by Crippen LogP contribution is -2.47. The zero-order valence-corrected chi connectivity index (χ0v) is 14.5. The monoisotopic (exact) mass is 374 g/mol. The molecular formula is C15H18N8O4. The molecule has 1 fully saturated rings. The molecule has 0 spiro atoms. The molecule has 0 bridgehead atoms. The number of rotatable bonds is 6. The first-order chi connectivity index (χ1) is 12.9. The average molecular weight is 374 g/mol. The van der Waals surface area contributed by atoms with Crippen LogP contribution in [-0.4, -0.2) is 63.0 Å². The minimum atomic E-state index is -0.585. The van der Waals surface area contributed by atoms with Gasteiger partial charge < -0.3 is 10.2 Å². The first-order valence-corrected chi connectivity index (χ1v) is 8.15. The molecule has 0 unspecified atom stereocenters. The van der Waals surface area contributed by atoms with Crippen LogP contribution in [0.3, 0.4) is 0 Å². The Morgan fingerprint density at radius 2 is 1.74 bits per heavy atom. The van der Waals surface area contributed by atoms with E-state index in [0.717, 1.165) is 13.1 Å². The molecule has 1 aromatic carbocycles. The van der Waals surface area contributed by atoms with E-state index in [9.17, 15) is 20.2 Å². The Hall–Kier alpha value is -3.38. The standard InChI is InChI=1S/C15H18N8O4/c1-20-5-7-21(8-6-20)19-15-13(23(26)27)14(16-10-17-15)18-11-3-2-4-12(9-11)22(24)25/h2-4,9-10H,5-8H2,1H3,(H2,16,17,18,19). The van der Waals surface area contributed by atoms with Crippen LogP contribution in [0.4, 0.5) is 28.7 Å². The van der Waals surface area contributed by atoms with Gasteiger partial charge in [-0.1, -0.05) is 6.07 Å². The van der Waals surface area contributed by atoms with Gasteiger partial charge in [-0.2, -0.15) is 0 Å². The van der Waals surface area contributed by atoms with Gasteiger partial charge in [0.25, 0.3) is 5.69 Å². The summed E-state index contributed by atoms with van der Waals surface area (Å²) in [7, 11) is 2.01. The lowest BCUT2D eigenvalue weighted by molar-refractivity contribution is -0.384. The van der Waals surface area contributed by atoms with Gasteiger partial charge in [-0.05, 0) is 13.1 Å². The third-order valence-electron chi connectivity index (χ3n) is 4.09. The zero-order chi connectivity index (χ0) is 19.4. The maximum absolute atomic E-state index is 11.6. The van der Waals surface area contributed by atoms with Gasteiger partial charge in [-0.3, -0.25) is 25.7 Å². The molecule has 142 valence electrons. The fourth-order valence-corrected chi connectivity index (χ4v) is 2.63. The highest BCUT2D eigenvalue weighted by Crippen LogP contribution is 2.32. The van der Waals surface area contributed by atoms with E-state index in [1.165, 1.54) is 24.5 Å².